The minimum Gasteiger partial charge on any atom is -0.308 e. The van der Waals surface area contributed by atoms with E-state index >= 15 is 0 Å². The molecule has 0 amide bonds. The maximum atomic E-state index is 9.79. The number of hydrogen-bond donors (Lipinski definition) is 0. The van der Waals surface area contributed by atoms with Crippen molar-refractivity contribution in [3.05, 3.63) is 210 Å². The Bertz CT molecular complexity index is 2800. The van der Waals surface area contributed by atoms with Crippen LogP contribution in [0.5, 0.6) is 0 Å². The topological polar surface area (TPSA) is 28.7 Å². The summed E-state index contributed by atoms with van der Waals surface area (Å²) < 4.78 is 2.48. The predicted octanol–water partition coefficient (Wildman–Crippen LogP) is 12.8. The summed E-state index contributed by atoms with van der Waals surface area (Å²) in [5.74, 6) is 0.0384. The van der Waals surface area contributed by atoms with Crippen LogP contribution in [0.3, 0.4) is 0 Å². The van der Waals surface area contributed by atoms with Crippen LogP contribution < -0.4 is 0 Å². The van der Waals surface area contributed by atoms with Crippen LogP contribution in [0.2, 0.25) is 0 Å². The molecule has 1 unspecified atom stereocenters. The third-order valence-corrected chi connectivity index (χ3v) is 10.7. The van der Waals surface area contributed by atoms with Gasteiger partial charge in [-0.3, -0.25) is 0 Å². The van der Waals surface area contributed by atoms with Crippen LogP contribution in [0.15, 0.2) is 188 Å². The molecule has 0 bridgehead atoms. The molecule has 9 aromatic rings. The standard InChI is InChI=1S/C50H32N2/c51-32-33-26-28-43-45(30-33)39-18-7-8-21-42(39)49(43)36-27-29-37(34-14-3-1-4-15-34)46(31-36)44-23-13-22-38(35-16-5-2-6-17-35)50(44)52-47-24-11-9-19-40(47)41-20-10-12-25-48(41)52/h1-31,49H. The fraction of sp³-hybridized carbons (Fsp3) is 0.0200. The lowest BCUT2D eigenvalue weighted by Gasteiger charge is -2.23. The number of benzene rings is 8. The lowest BCUT2D eigenvalue weighted by atomic mass is 9.84. The second-order valence-corrected chi connectivity index (χ2v) is 13.5. The van der Waals surface area contributed by atoms with E-state index in [0.717, 1.165) is 11.3 Å². The van der Waals surface area contributed by atoms with Gasteiger partial charge in [0.25, 0.3) is 0 Å². The van der Waals surface area contributed by atoms with Gasteiger partial charge in [0.05, 0.1) is 28.4 Å². The average molecular weight is 661 g/mol. The highest BCUT2D eigenvalue weighted by Gasteiger charge is 2.31. The summed E-state index contributed by atoms with van der Waals surface area (Å²) in [4.78, 5) is 0. The van der Waals surface area contributed by atoms with Gasteiger partial charge in [0, 0.05) is 27.8 Å². The third-order valence-electron chi connectivity index (χ3n) is 10.7. The second kappa shape index (κ2) is 12.1. The summed E-state index contributed by atoms with van der Waals surface area (Å²) in [5.41, 5.74) is 17.3. The van der Waals surface area contributed by atoms with Crippen LogP contribution in [0.1, 0.15) is 28.2 Å². The Kier molecular flexibility index (Phi) is 6.98. The largest absolute Gasteiger partial charge is 0.308 e. The molecule has 0 fully saturated rings. The summed E-state index contributed by atoms with van der Waals surface area (Å²) in [5, 5.41) is 12.3. The van der Waals surface area contributed by atoms with Gasteiger partial charge in [0.2, 0.25) is 0 Å². The summed E-state index contributed by atoms with van der Waals surface area (Å²) in [7, 11) is 0. The van der Waals surface area contributed by atoms with Crippen LogP contribution in [0, 0.1) is 11.3 Å². The minimum atomic E-state index is 0.0384. The van der Waals surface area contributed by atoms with Crippen LogP contribution in [-0.4, -0.2) is 4.57 Å². The van der Waals surface area contributed by atoms with Gasteiger partial charge in [-0.25, -0.2) is 0 Å². The first-order valence-electron chi connectivity index (χ1n) is 17.8. The number of fused-ring (bicyclic) bond motifs is 6. The quantitative estimate of drug-likeness (QED) is 0.181. The Morgan fingerprint density at radius 1 is 0.404 bits per heavy atom. The van der Waals surface area contributed by atoms with Crippen LogP contribution >= 0.6 is 0 Å². The Hall–Kier alpha value is -6.95. The van der Waals surface area contributed by atoms with E-state index in [1.165, 1.54) is 77.4 Å². The fourth-order valence-corrected chi connectivity index (χ4v) is 8.48. The summed E-state index contributed by atoms with van der Waals surface area (Å²) in [6, 6.07) is 70.1. The zero-order valence-corrected chi connectivity index (χ0v) is 28.4. The first-order valence-corrected chi connectivity index (χ1v) is 17.8. The van der Waals surface area contributed by atoms with Crippen molar-refractivity contribution in [1.82, 2.24) is 4.57 Å². The Labute approximate surface area is 303 Å². The molecule has 0 spiro atoms. The molecular weight excluding hydrogens is 629 g/mol. The smallest absolute Gasteiger partial charge is 0.0991 e. The minimum absolute atomic E-state index is 0.0384. The highest BCUT2D eigenvalue weighted by molar-refractivity contribution is 6.11. The number of rotatable bonds is 5. The lowest BCUT2D eigenvalue weighted by molar-refractivity contribution is 1.02. The van der Waals surface area contributed by atoms with E-state index in [1.54, 1.807) is 0 Å². The van der Waals surface area contributed by atoms with Crippen molar-refractivity contribution in [2.45, 2.75) is 5.92 Å². The van der Waals surface area contributed by atoms with E-state index in [-0.39, 0.29) is 5.92 Å². The monoisotopic (exact) mass is 660 g/mol. The normalized spacial score (nSPS) is 13.2. The molecule has 0 radical (unpaired) electrons. The summed E-state index contributed by atoms with van der Waals surface area (Å²) >= 11 is 0. The molecule has 0 saturated heterocycles. The highest BCUT2D eigenvalue weighted by Crippen LogP contribution is 2.50. The number of aromatic nitrogens is 1. The first kappa shape index (κ1) is 29.9. The van der Waals surface area contributed by atoms with Gasteiger partial charge in [-0.2, -0.15) is 5.26 Å². The van der Waals surface area contributed by atoms with E-state index < -0.39 is 0 Å². The molecule has 1 aliphatic rings. The molecule has 2 heteroatoms. The van der Waals surface area contributed by atoms with Crippen molar-refractivity contribution < 1.29 is 0 Å². The van der Waals surface area contributed by atoms with Crippen molar-refractivity contribution >= 4 is 21.8 Å². The van der Waals surface area contributed by atoms with Gasteiger partial charge in [0.15, 0.2) is 0 Å². The van der Waals surface area contributed by atoms with Gasteiger partial charge in [0.1, 0.15) is 0 Å². The van der Waals surface area contributed by atoms with Crippen molar-refractivity contribution in [3.8, 4) is 56.3 Å². The van der Waals surface area contributed by atoms with Gasteiger partial charge in [-0.1, -0.05) is 158 Å². The van der Waals surface area contributed by atoms with Crippen LogP contribution in [-0.2, 0) is 0 Å². The Morgan fingerprint density at radius 2 is 0.981 bits per heavy atom. The molecule has 0 N–H and O–H groups in total. The van der Waals surface area contributed by atoms with E-state index in [4.69, 9.17) is 0 Å². The zero-order chi connectivity index (χ0) is 34.6. The highest BCUT2D eigenvalue weighted by atomic mass is 15.0. The van der Waals surface area contributed by atoms with E-state index in [2.05, 4.69) is 193 Å². The molecule has 52 heavy (non-hydrogen) atoms. The molecule has 0 saturated carbocycles. The molecule has 1 heterocycles. The van der Waals surface area contributed by atoms with E-state index in [9.17, 15) is 5.26 Å². The zero-order valence-electron chi connectivity index (χ0n) is 28.4. The van der Waals surface area contributed by atoms with Crippen molar-refractivity contribution in [2.75, 3.05) is 0 Å². The lowest BCUT2D eigenvalue weighted by Crippen LogP contribution is -2.03. The van der Waals surface area contributed by atoms with Gasteiger partial charge in [-0.15, -0.1) is 0 Å². The number of nitriles is 1. The maximum Gasteiger partial charge on any atom is 0.0991 e. The first-order chi connectivity index (χ1) is 25.8. The van der Waals surface area contributed by atoms with Crippen molar-refractivity contribution in [3.63, 3.8) is 0 Å². The number of nitrogens with zero attached hydrogens (tertiary/aromatic N) is 2. The molecule has 2 nitrogen and oxygen atoms in total. The molecule has 1 aliphatic carbocycles. The number of para-hydroxylation sites is 3. The maximum absolute atomic E-state index is 9.79. The molecule has 1 atom stereocenters. The van der Waals surface area contributed by atoms with E-state index in [0.29, 0.717) is 5.56 Å². The van der Waals surface area contributed by atoms with Gasteiger partial charge in [-0.05, 0) is 80.4 Å². The van der Waals surface area contributed by atoms with Gasteiger partial charge >= 0.3 is 0 Å². The fourth-order valence-electron chi connectivity index (χ4n) is 8.48. The van der Waals surface area contributed by atoms with Crippen molar-refractivity contribution in [2.24, 2.45) is 0 Å². The van der Waals surface area contributed by atoms with Crippen LogP contribution in [0.25, 0.3) is 72.0 Å². The summed E-state index contributed by atoms with van der Waals surface area (Å²) in [6.45, 7) is 0. The predicted molar refractivity (Wildman–Crippen MR) is 215 cm³/mol. The van der Waals surface area contributed by atoms with Crippen LogP contribution in [0.4, 0.5) is 0 Å². The molecule has 1 aromatic heterocycles. The average Bonchev–Trinajstić information content (AvgIpc) is 3.73. The molecule has 8 aromatic carbocycles. The molecule has 242 valence electrons. The Balaban J connectivity index is 1.31. The number of hydrogen-bond acceptors (Lipinski definition) is 1. The summed E-state index contributed by atoms with van der Waals surface area (Å²) in [6.07, 6.45) is 0. The Morgan fingerprint density at radius 3 is 1.69 bits per heavy atom. The SMILES string of the molecule is N#Cc1ccc2c(c1)-c1ccccc1C2c1ccc(-c2ccccc2)c(-c2cccc(-c3ccccc3)c2-n2c3ccccc3c3ccccc32)c1. The second-order valence-electron chi connectivity index (χ2n) is 13.5. The molecule has 10 rings (SSSR count). The van der Waals surface area contributed by atoms with Crippen molar-refractivity contribution in [1.29, 1.82) is 5.26 Å². The van der Waals surface area contributed by atoms with Gasteiger partial charge < -0.3 is 4.57 Å². The molecule has 0 aliphatic heterocycles. The third kappa shape index (κ3) is 4.64. The van der Waals surface area contributed by atoms with E-state index in [1.807, 2.05) is 6.07 Å². The molecular formula is C50H32N2.